The third-order valence-corrected chi connectivity index (χ3v) is 4.69. The highest BCUT2D eigenvalue weighted by Crippen LogP contribution is 2.31. The van der Waals surface area contributed by atoms with Gasteiger partial charge in [-0.1, -0.05) is 40.0 Å². The molecule has 0 amide bonds. The third kappa shape index (κ3) is 3.96. The van der Waals surface area contributed by atoms with Gasteiger partial charge >= 0.3 is 0 Å². The number of likely N-dealkylation sites (tertiary alicyclic amines) is 1. The molecule has 1 fully saturated rings. The van der Waals surface area contributed by atoms with Crippen molar-refractivity contribution in [3.05, 3.63) is 0 Å². The molecule has 0 radical (unpaired) electrons. The first kappa shape index (κ1) is 15.0. The number of hydrogen-bond acceptors (Lipinski definition) is 2. The van der Waals surface area contributed by atoms with E-state index < -0.39 is 0 Å². The number of hydrogen-bond donors (Lipinski definition) is 1. The average Bonchev–Trinajstić information content (AvgIpc) is 2.79. The van der Waals surface area contributed by atoms with Gasteiger partial charge in [-0.15, -0.1) is 0 Å². The number of rotatable bonds is 7. The van der Waals surface area contributed by atoms with Crippen LogP contribution in [0.15, 0.2) is 0 Å². The van der Waals surface area contributed by atoms with E-state index in [2.05, 4.69) is 32.6 Å². The summed E-state index contributed by atoms with van der Waals surface area (Å²) in [5.74, 6) is 1.70. The van der Waals surface area contributed by atoms with Crippen molar-refractivity contribution in [3.8, 4) is 0 Å². The van der Waals surface area contributed by atoms with E-state index in [0.717, 1.165) is 18.4 Å². The predicted octanol–water partition coefficient (Wildman–Crippen LogP) is 3.26. The lowest BCUT2D eigenvalue weighted by atomic mass is 9.91. The molecular formula is C15H32N2. The van der Waals surface area contributed by atoms with E-state index in [0.29, 0.717) is 0 Å². The van der Waals surface area contributed by atoms with Gasteiger partial charge in [0, 0.05) is 18.6 Å². The molecule has 0 spiro atoms. The summed E-state index contributed by atoms with van der Waals surface area (Å²) >= 11 is 0. The van der Waals surface area contributed by atoms with E-state index in [4.69, 9.17) is 5.73 Å². The molecule has 0 saturated carbocycles. The Labute approximate surface area is 108 Å². The van der Waals surface area contributed by atoms with Gasteiger partial charge < -0.3 is 5.73 Å². The van der Waals surface area contributed by atoms with Crippen molar-refractivity contribution < 1.29 is 0 Å². The maximum Gasteiger partial charge on any atom is 0.0303 e. The molecule has 0 aliphatic carbocycles. The Hall–Kier alpha value is -0.0800. The van der Waals surface area contributed by atoms with Crippen LogP contribution in [0.4, 0.5) is 0 Å². The Morgan fingerprint density at radius 2 is 2.06 bits per heavy atom. The molecule has 17 heavy (non-hydrogen) atoms. The fourth-order valence-electron chi connectivity index (χ4n) is 2.97. The van der Waals surface area contributed by atoms with Crippen LogP contribution in [-0.2, 0) is 0 Å². The van der Waals surface area contributed by atoms with Crippen molar-refractivity contribution in [3.63, 3.8) is 0 Å². The standard InChI is InChI=1S/C15H32N2/c1-5-6-7-9-15(4,12-16)17-10-8-14(11-17)13(2)3/h13-14H,5-12,16H2,1-4H3. The highest BCUT2D eigenvalue weighted by molar-refractivity contribution is 4.92. The topological polar surface area (TPSA) is 29.3 Å². The SMILES string of the molecule is CCCCCC(C)(CN)N1CCC(C(C)C)C1. The van der Waals surface area contributed by atoms with Gasteiger partial charge in [0.15, 0.2) is 0 Å². The molecule has 0 aromatic heterocycles. The molecule has 1 rings (SSSR count). The maximum absolute atomic E-state index is 6.05. The van der Waals surface area contributed by atoms with Gasteiger partial charge in [-0.05, 0) is 38.1 Å². The molecule has 2 nitrogen and oxygen atoms in total. The molecule has 1 heterocycles. The summed E-state index contributed by atoms with van der Waals surface area (Å²) in [6.07, 6.45) is 6.60. The van der Waals surface area contributed by atoms with Crippen molar-refractivity contribution in [1.82, 2.24) is 4.90 Å². The molecule has 1 aliphatic rings. The van der Waals surface area contributed by atoms with Crippen molar-refractivity contribution in [1.29, 1.82) is 0 Å². The van der Waals surface area contributed by atoms with Crippen LogP contribution in [-0.4, -0.2) is 30.1 Å². The van der Waals surface area contributed by atoms with E-state index in [9.17, 15) is 0 Å². The van der Waals surface area contributed by atoms with Crippen LogP contribution in [0.5, 0.6) is 0 Å². The van der Waals surface area contributed by atoms with Crippen molar-refractivity contribution in [2.75, 3.05) is 19.6 Å². The zero-order valence-corrected chi connectivity index (χ0v) is 12.3. The highest BCUT2D eigenvalue weighted by Gasteiger charge is 2.36. The fraction of sp³-hybridized carbons (Fsp3) is 1.00. The summed E-state index contributed by atoms with van der Waals surface area (Å²) in [5, 5.41) is 0. The molecule has 0 aromatic carbocycles. The Bertz CT molecular complexity index is 215. The molecule has 1 saturated heterocycles. The lowest BCUT2D eigenvalue weighted by Gasteiger charge is -2.38. The van der Waals surface area contributed by atoms with Gasteiger partial charge in [-0.3, -0.25) is 4.90 Å². The minimum absolute atomic E-state index is 0.249. The van der Waals surface area contributed by atoms with E-state index in [-0.39, 0.29) is 5.54 Å². The van der Waals surface area contributed by atoms with Crippen LogP contribution in [0.2, 0.25) is 0 Å². The molecule has 102 valence electrons. The van der Waals surface area contributed by atoms with Gasteiger partial charge in [0.25, 0.3) is 0 Å². The van der Waals surface area contributed by atoms with Gasteiger partial charge in [0.1, 0.15) is 0 Å². The molecule has 2 atom stereocenters. The smallest absolute Gasteiger partial charge is 0.0303 e. The summed E-state index contributed by atoms with van der Waals surface area (Å²) in [4.78, 5) is 2.66. The normalized spacial score (nSPS) is 25.4. The maximum atomic E-state index is 6.05. The molecular weight excluding hydrogens is 208 g/mol. The first-order valence-electron chi connectivity index (χ1n) is 7.48. The monoisotopic (exact) mass is 240 g/mol. The summed E-state index contributed by atoms with van der Waals surface area (Å²) in [7, 11) is 0. The van der Waals surface area contributed by atoms with Crippen LogP contribution >= 0.6 is 0 Å². The zero-order valence-electron chi connectivity index (χ0n) is 12.3. The second-order valence-electron chi connectivity index (χ2n) is 6.40. The minimum Gasteiger partial charge on any atom is -0.329 e. The lowest BCUT2D eigenvalue weighted by Crippen LogP contribution is -2.50. The average molecular weight is 240 g/mol. The Kier molecular flexibility index (Phi) is 5.94. The second-order valence-corrected chi connectivity index (χ2v) is 6.40. The molecule has 1 aliphatic heterocycles. The highest BCUT2D eigenvalue weighted by atomic mass is 15.2. The molecule has 0 aromatic rings. The van der Waals surface area contributed by atoms with Crippen molar-refractivity contribution in [2.45, 2.75) is 65.3 Å². The Balaban J connectivity index is 2.49. The van der Waals surface area contributed by atoms with E-state index >= 15 is 0 Å². The number of nitrogens with two attached hydrogens (primary N) is 1. The first-order valence-corrected chi connectivity index (χ1v) is 7.48. The summed E-state index contributed by atoms with van der Waals surface area (Å²) < 4.78 is 0. The number of nitrogens with zero attached hydrogens (tertiary/aromatic N) is 1. The van der Waals surface area contributed by atoms with Gasteiger partial charge in [-0.2, -0.15) is 0 Å². The minimum atomic E-state index is 0.249. The van der Waals surface area contributed by atoms with Crippen molar-refractivity contribution >= 4 is 0 Å². The van der Waals surface area contributed by atoms with Crippen LogP contribution < -0.4 is 5.73 Å². The van der Waals surface area contributed by atoms with E-state index in [1.807, 2.05) is 0 Å². The summed E-state index contributed by atoms with van der Waals surface area (Å²) in [6, 6.07) is 0. The quantitative estimate of drug-likeness (QED) is 0.692. The zero-order chi connectivity index (χ0) is 12.9. The molecule has 2 heteroatoms. The van der Waals surface area contributed by atoms with Gasteiger partial charge in [0.2, 0.25) is 0 Å². The van der Waals surface area contributed by atoms with Crippen molar-refractivity contribution in [2.24, 2.45) is 17.6 Å². The van der Waals surface area contributed by atoms with E-state index in [1.165, 1.54) is 45.2 Å². The van der Waals surface area contributed by atoms with Gasteiger partial charge in [0.05, 0.1) is 0 Å². The third-order valence-electron chi connectivity index (χ3n) is 4.69. The molecule has 0 bridgehead atoms. The van der Waals surface area contributed by atoms with Crippen LogP contribution in [0.1, 0.15) is 59.8 Å². The van der Waals surface area contributed by atoms with Gasteiger partial charge in [-0.25, -0.2) is 0 Å². The Morgan fingerprint density at radius 3 is 2.53 bits per heavy atom. The largest absolute Gasteiger partial charge is 0.329 e. The Morgan fingerprint density at radius 1 is 1.35 bits per heavy atom. The summed E-state index contributed by atoms with van der Waals surface area (Å²) in [5.41, 5.74) is 6.30. The molecule has 2 N–H and O–H groups in total. The van der Waals surface area contributed by atoms with E-state index in [1.54, 1.807) is 0 Å². The molecule has 2 unspecified atom stereocenters. The predicted molar refractivity (Wildman–Crippen MR) is 76.1 cm³/mol. The second kappa shape index (κ2) is 6.75. The van der Waals surface area contributed by atoms with Crippen LogP contribution in [0.25, 0.3) is 0 Å². The fourth-order valence-corrected chi connectivity index (χ4v) is 2.97. The van der Waals surface area contributed by atoms with Crippen LogP contribution in [0.3, 0.4) is 0 Å². The van der Waals surface area contributed by atoms with Crippen LogP contribution in [0, 0.1) is 11.8 Å². The summed E-state index contributed by atoms with van der Waals surface area (Å²) in [6.45, 7) is 12.7. The number of unbranched alkanes of at least 4 members (excludes halogenated alkanes) is 2. The first-order chi connectivity index (χ1) is 8.03. The lowest BCUT2D eigenvalue weighted by molar-refractivity contribution is 0.120.